The van der Waals surface area contributed by atoms with Gasteiger partial charge in [0.15, 0.2) is 0 Å². The van der Waals surface area contributed by atoms with Crippen LogP contribution < -0.4 is 5.73 Å². The second kappa shape index (κ2) is 4.20. The summed E-state index contributed by atoms with van der Waals surface area (Å²) in [5, 5.41) is 0. The molecule has 0 saturated heterocycles. The zero-order chi connectivity index (χ0) is 14.4. The van der Waals surface area contributed by atoms with Crippen LogP contribution in [0.1, 0.15) is 11.1 Å². The van der Waals surface area contributed by atoms with Crippen LogP contribution in [0.2, 0.25) is 0 Å². The number of nitrogens with zero attached hydrogens (tertiary/aromatic N) is 1. The third-order valence-electron chi connectivity index (χ3n) is 2.75. The molecule has 1 aromatic rings. The van der Waals surface area contributed by atoms with Gasteiger partial charge < -0.3 is 5.73 Å². The highest BCUT2D eigenvalue weighted by Gasteiger charge is 2.42. The van der Waals surface area contributed by atoms with E-state index in [-0.39, 0.29) is 15.6 Å². The van der Waals surface area contributed by atoms with Crippen molar-refractivity contribution in [3.8, 4) is 0 Å². The lowest BCUT2D eigenvalue weighted by atomic mass is 10.0. The third-order valence-corrected chi connectivity index (χ3v) is 3.75. The van der Waals surface area contributed by atoms with Gasteiger partial charge in [-0.25, -0.2) is 8.42 Å². The summed E-state index contributed by atoms with van der Waals surface area (Å²) >= 11 is 0. The van der Waals surface area contributed by atoms with E-state index in [1.165, 1.54) is 0 Å². The lowest BCUT2D eigenvalue weighted by Gasteiger charge is -2.11. The van der Waals surface area contributed by atoms with Gasteiger partial charge >= 0.3 is 0 Å². The molecule has 0 saturated carbocycles. The Bertz CT molecular complexity index is 702. The fourth-order valence-electron chi connectivity index (χ4n) is 1.83. The Kier molecular flexibility index (Phi) is 2.94. The Balaban J connectivity index is 2.56. The van der Waals surface area contributed by atoms with Gasteiger partial charge in [0.1, 0.15) is 5.70 Å². The minimum absolute atomic E-state index is 0.0737. The minimum Gasteiger partial charge on any atom is -0.394 e. The number of hydrogen-bond acceptors (Lipinski definition) is 5. The fraction of sp³-hybridized carbons (Fsp3) is 0.167. The standard InChI is InChI=1S/C12H12N2O4S/c1-7-3-5-8(6-4-7)9-10(13)12(16)14(11(9)15)19(2,17)18/h3-6H,13H2,1-2H3. The maximum absolute atomic E-state index is 12.0. The Morgan fingerprint density at radius 2 is 1.58 bits per heavy atom. The molecule has 19 heavy (non-hydrogen) atoms. The molecular formula is C12H12N2O4S. The zero-order valence-electron chi connectivity index (χ0n) is 10.4. The highest BCUT2D eigenvalue weighted by molar-refractivity contribution is 7.89. The SMILES string of the molecule is Cc1ccc(C2=C(N)C(=O)N(S(C)(=O)=O)C2=O)cc1. The summed E-state index contributed by atoms with van der Waals surface area (Å²) in [5.41, 5.74) is 6.55. The quantitative estimate of drug-likeness (QED) is 0.769. The van der Waals surface area contributed by atoms with Crippen LogP contribution in [0, 0.1) is 6.92 Å². The lowest BCUT2D eigenvalue weighted by Crippen LogP contribution is -2.37. The van der Waals surface area contributed by atoms with Crippen LogP contribution in [0.5, 0.6) is 0 Å². The third kappa shape index (κ3) is 2.12. The van der Waals surface area contributed by atoms with Crippen LogP contribution in [0.3, 0.4) is 0 Å². The van der Waals surface area contributed by atoms with Crippen molar-refractivity contribution in [3.05, 3.63) is 41.1 Å². The van der Waals surface area contributed by atoms with E-state index in [4.69, 9.17) is 5.73 Å². The highest BCUT2D eigenvalue weighted by atomic mass is 32.2. The van der Waals surface area contributed by atoms with Crippen molar-refractivity contribution in [2.24, 2.45) is 5.73 Å². The van der Waals surface area contributed by atoms with Gasteiger partial charge in [0.2, 0.25) is 10.0 Å². The normalized spacial score (nSPS) is 16.4. The number of amides is 2. The number of hydrogen-bond donors (Lipinski definition) is 1. The zero-order valence-corrected chi connectivity index (χ0v) is 11.2. The largest absolute Gasteiger partial charge is 0.394 e. The summed E-state index contributed by atoms with van der Waals surface area (Å²) in [6.45, 7) is 1.87. The molecule has 1 heterocycles. The van der Waals surface area contributed by atoms with E-state index < -0.39 is 21.8 Å². The van der Waals surface area contributed by atoms with E-state index in [1.54, 1.807) is 24.3 Å². The molecule has 0 aromatic heterocycles. The molecule has 0 unspecified atom stereocenters. The van der Waals surface area contributed by atoms with Crippen molar-refractivity contribution in [2.45, 2.75) is 6.92 Å². The Labute approximate surface area is 110 Å². The van der Waals surface area contributed by atoms with E-state index in [0.29, 0.717) is 5.56 Å². The first-order chi connectivity index (χ1) is 8.73. The molecule has 0 aliphatic carbocycles. The molecule has 1 aliphatic rings. The first-order valence-electron chi connectivity index (χ1n) is 5.39. The van der Waals surface area contributed by atoms with Crippen molar-refractivity contribution in [3.63, 3.8) is 0 Å². The van der Waals surface area contributed by atoms with Crippen molar-refractivity contribution < 1.29 is 18.0 Å². The number of aryl methyl sites for hydroxylation is 1. The maximum Gasteiger partial charge on any atom is 0.291 e. The molecule has 0 fully saturated rings. The predicted molar refractivity (Wildman–Crippen MR) is 69.0 cm³/mol. The molecule has 2 N–H and O–H groups in total. The van der Waals surface area contributed by atoms with E-state index in [2.05, 4.69) is 0 Å². The smallest absolute Gasteiger partial charge is 0.291 e. The fourth-order valence-corrected chi connectivity index (χ4v) is 2.62. The highest BCUT2D eigenvalue weighted by Crippen LogP contribution is 2.28. The molecule has 0 bridgehead atoms. The summed E-state index contributed by atoms with van der Waals surface area (Å²) in [6.07, 6.45) is 0.786. The molecule has 7 heteroatoms. The number of rotatable bonds is 2. The van der Waals surface area contributed by atoms with Crippen molar-refractivity contribution >= 4 is 27.4 Å². The summed E-state index contributed by atoms with van der Waals surface area (Å²) in [4.78, 5) is 23.8. The Morgan fingerprint density at radius 3 is 2.00 bits per heavy atom. The second-order valence-corrected chi connectivity index (χ2v) is 6.12. The van der Waals surface area contributed by atoms with Crippen LogP contribution in [-0.4, -0.2) is 30.8 Å². The summed E-state index contributed by atoms with van der Waals surface area (Å²) < 4.78 is 23.1. The summed E-state index contributed by atoms with van der Waals surface area (Å²) in [5.74, 6) is -1.91. The molecule has 0 spiro atoms. The molecule has 1 aromatic carbocycles. The lowest BCUT2D eigenvalue weighted by molar-refractivity contribution is -0.130. The summed E-state index contributed by atoms with van der Waals surface area (Å²) in [7, 11) is -3.97. The second-order valence-electron chi connectivity index (χ2n) is 4.29. The number of sulfonamides is 1. The molecule has 0 radical (unpaired) electrons. The van der Waals surface area contributed by atoms with Gasteiger partial charge in [0.25, 0.3) is 11.8 Å². The van der Waals surface area contributed by atoms with Crippen LogP contribution in [0.4, 0.5) is 0 Å². The van der Waals surface area contributed by atoms with Crippen LogP contribution in [-0.2, 0) is 19.6 Å². The van der Waals surface area contributed by atoms with Crippen molar-refractivity contribution in [1.29, 1.82) is 0 Å². The first kappa shape index (κ1) is 13.3. The average molecular weight is 280 g/mol. The van der Waals surface area contributed by atoms with Gasteiger partial charge in [0, 0.05) is 0 Å². The molecule has 100 valence electrons. The number of imide groups is 1. The van der Waals surface area contributed by atoms with Crippen LogP contribution >= 0.6 is 0 Å². The molecule has 2 rings (SSSR count). The Morgan fingerprint density at radius 1 is 1.05 bits per heavy atom. The molecule has 6 nitrogen and oxygen atoms in total. The monoisotopic (exact) mass is 280 g/mol. The molecular weight excluding hydrogens is 268 g/mol. The van der Waals surface area contributed by atoms with Gasteiger partial charge in [-0.1, -0.05) is 29.8 Å². The number of carbonyl (C=O) groups is 2. The van der Waals surface area contributed by atoms with E-state index >= 15 is 0 Å². The van der Waals surface area contributed by atoms with Crippen LogP contribution in [0.25, 0.3) is 5.57 Å². The summed E-state index contributed by atoms with van der Waals surface area (Å²) in [6, 6.07) is 6.73. The van der Waals surface area contributed by atoms with Gasteiger partial charge in [-0.05, 0) is 12.5 Å². The average Bonchev–Trinajstić information content (AvgIpc) is 2.51. The van der Waals surface area contributed by atoms with Crippen LogP contribution in [0.15, 0.2) is 30.0 Å². The molecule has 2 amide bonds. The van der Waals surface area contributed by atoms with Gasteiger partial charge in [0.05, 0.1) is 11.8 Å². The molecule has 1 aliphatic heterocycles. The topological polar surface area (TPSA) is 97.5 Å². The minimum atomic E-state index is -3.97. The predicted octanol–water partition coefficient (Wildman–Crippen LogP) is -0.00678. The van der Waals surface area contributed by atoms with Gasteiger partial charge in [-0.3, -0.25) is 9.59 Å². The maximum atomic E-state index is 12.0. The first-order valence-corrected chi connectivity index (χ1v) is 7.24. The molecule has 0 atom stereocenters. The van der Waals surface area contributed by atoms with E-state index in [0.717, 1.165) is 11.8 Å². The van der Waals surface area contributed by atoms with E-state index in [1.807, 2.05) is 6.92 Å². The number of benzene rings is 1. The number of nitrogens with two attached hydrogens (primary N) is 1. The van der Waals surface area contributed by atoms with E-state index in [9.17, 15) is 18.0 Å². The van der Waals surface area contributed by atoms with Gasteiger partial charge in [-0.15, -0.1) is 0 Å². The van der Waals surface area contributed by atoms with Gasteiger partial charge in [-0.2, -0.15) is 4.31 Å². The van der Waals surface area contributed by atoms with Crippen molar-refractivity contribution in [1.82, 2.24) is 4.31 Å². The Hall–Kier alpha value is -2.15. The van der Waals surface area contributed by atoms with Crippen molar-refractivity contribution in [2.75, 3.05) is 6.26 Å². The number of carbonyl (C=O) groups excluding carboxylic acids is 2.